The van der Waals surface area contributed by atoms with Crippen LogP contribution in [0.15, 0.2) is 91.0 Å². The van der Waals surface area contributed by atoms with Crippen LogP contribution in [0.2, 0.25) is 0 Å². The van der Waals surface area contributed by atoms with Gasteiger partial charge in [-0.1, -0.05) is 111 Å². The Morgan fingerprint density at radius 3 is 1.55 bits per heavy atom. The van der Waals surface area contributed by atoms with Crippen molar-refractivity contribution in [3.8, 4) is 0 Å². The smallest absolute Gasteiger partial charge is 0.306 e. The van der Waals surface area contributed by atoms with E-state index in [0.29, 0.717) is 6.42 Å². The van der Waals surface area contributed by atoms with Crippen LogP contribution in [0.25, 0.3) is 0 Å². The highest BCUT2D eigenvalue weighted by Crippen LogP contribution is 2.43. The topological polar surface area (TPSA) is 26.3 Å². The maximum atomic E-state index is 12.6. The molecular weight excluding hydrogens is 356 g/mol. The predicted octanol–water partition coefficient (Wildman–Crippen LogP) is 6.53. The minimum absolute atomic E-state index is 0.127. The van der Waals surface area contributed by atoms with Gasteiger partial charge in [-0.05, 0) is 30.0 Å². The van der Waals surface area contributed by atoms with Gasteiger partial charge in [0.25, 0.3) is 0 Å². The molecule has 0 spiro atoms. The molecular formula is C27H30O2. The summed E-state index contributed by atoms with van der Waals surface area (Å²) in [5.74, 6) is -0.127. The molecule has 1 unspecified atom stereocenters. The standard InChI is InChI=1S/C27H30O2/c1-3-4-8-21-26(28)29-22(2)27(23-15-9-5-10-16-23,24-17-11-6-12-18-24)25-19-13-7-14-20-25/h5-7,9-20,22H,3-4,8,21H2,1-2H3. The molecule has 0 heterocycles. The first-order valence-electron chi connectivity index (χ1n) is 10.6. The van der Waals surface area contributed by atoms with Crippen molar-refractivity contribution >= 4 is 5.97 Å². The average Bonchev–Trinajstić information content (AvgIpc) is 2.77. The maximum Gasteiger partial charge on any atom is 0.306 e. The van der Waals surface area contributed by atoms with E-state index in [4.69, 9.17) is 4.74 Å². The highest BCUT2D eigenvalue weighted by molar-refractivity contribution is 5.70. The molecule has 2 nitrogen and oxygen atoms in total. The highest BCUT2D eigenvalue weighted by Gasteiger charge is 2.43. The molecule has 0 saturated carbocycles. The summed E-state index contributed by atoms with van der Waals surface area (Å²) < 4.78 is 6.09. The van der Waals surface area contributed by atoms with Gasteiger partial charge < -0.3 is 4.74 Å². The van der Waals surface area contributed by atoms with Crippen molar-refractivity contribution in [2.24, 2.45) is 0 Å². The summed E-state index contributed by atoms with van der Waals surface area (Å²) in [5, 5.41) is 0. The molecule has 0 radical (unpaired) electrons. The van der Waals surface area contributed by atoms with Crippen molar-refractivity contribution in [2.75, 3.05) is 0 Å². The zero-order valence-corrected chi connectivity index (χ0v) is 17.4. The van der Waals surface area contributed by atoms with Crippen LogP contribution < -0.4 is 0 Å². The van der Waals surface area contributed by atoms with Crippen LogP contribution in [-0.4, -0.2) is 12.1 Å². The zero-order chi connectivity index (χ0) is 20.5. The first-order chi connectivity index (χ1) is 14.2. The number of hydrogen-bond donors (Lipinski definition) is 0. The third-order valence-corrected chi connectivity index (χ3v) is 5.59. The molecule has 2 heteroatoms. The minimum Gasteiger partial charge on any atom is -0.461 e. The van der Waals surface area contributed by atoms with Gasteiger partial charge in [0.15, 0.2) is 0 Å². The van der Waals surface area contributed by atoms with E-state index in [0.717, 1.165) is 36.0 Å². The molecule has 3 rings (SSSR count). The Labute approximate surface area is 174 Å². The molecule has 0 aromatic heterocycles. The summed E-state index contributed by atoms with van der Waals surface area (Å²) in [6, 6.07) is 31.1. The van der Waals surface area contributed by atoms with Gasteiger partial charge in [0, 0.05) is 6.42 Å². The van der Waals surface area contributed by atoms with E-state index in [9.17, 15) is 4.79 Å². The van der Waals surface area contributed by atoms with Crippen LogP contribution in [0, 0.1) is 0 Å². The van der Waals surface area contributed by atoms with Crippen LogP contribution in [0.4, 0.5) is 0 Å². The van der Waals surface area contributed by atoms with Crippen LogP contribution >= 0.6 is 0 Å². The third-order valence-electron chi connectivity index (χ3n) is 5.59. The van der Waals surface area contributed by atoms with Gasteiger partial charge in [0.1, 0.15) is 6.10 Å². The summed E-state index contributed by atoms with van der Waals surface area (Å²) in [7, 11) is 0. The summed E-state index contributed by atoms with van der Waals surface area (Å²) in [6.45, 7) is 4.16. The lowest BCUT2D eigenvalue weighted by atomic mass is 9.66. The molecule has 150 valence electrons. The van der Waals surface area contributed by atoms with Gasteiger partial charge in [-0.25, -0.2) is 0 Å². The van der Waals surface area contributed by atoms with Gasteiger partial charge >= 0.3 is 5.97 Å². The fraction of sp³-hybridized carbons (Fsp3) is 0.296. The van der Waals surface area contributed by atoms with Crippen molar-refractivity contribution in [1.82, 2.24) is 0 Å². The van der Waals surface area contributed by atoms with Crippen LogP contribution in [0.5, 0.6) is 0 Å². The van der Waals surface area contributed by atoms with Gasteiger partial charge in [0.05, 0.1) is 5.41 Å². The van der Waals surface area contributed by atoms with Crippen molar-refractivity contribution in [2.45, 2.75) is 51.0 Å². The lowest BCUT2D eigenvalue weighted by Crippen LogP contribution is -2.43. The number of benzene rings is 3. The van der Waals surface area contributed by atoms with Crippen molar-refractivity contribution in [3.63, 3.8) is 0 Å². The zero-order valence-electron chi connectivity index (χ0n) is 17.4. The van der Waals surface area contributed by atoms with E-state index in [-0.39, 0.29) is 12.1 Å². The number of rotatable bonds is 9. The molecule has 0 amide bonds. The molecule has 0 saturated heterocycles. The monoisotopic (exact) mass is 386 g/mol. The van der Waals surface area contributed by atoms with Crippen molar-refractivity contribution in [3.05, 3.63) is 108 Å². The molecule has 0 aliphatic rings. The molecule has 0 aliphatic carbocycles. The second-order valence-electron chi connectivity index (χ2n) is 7.50. The van der Waals surface area contributed by atoms with E-state index in [1.807, 2.05) is 61.5 Å². The Morgan fingerprint density at radius 1 is 0.759 bits per heavy atom. The summed E-state index contributed by atoms with van der Waals surface area (Å²) in [4.78, 5) is 12.6. The fourth-order valence-electron chi connectivity index (χ4n) is 4.17. The minimum atomic E-state index is -0.579. The molecule has 0 fully saturated rings. The fourth-order valence-corrected chi connectivity index (χ4v) is 4.17. The number of hydrogen-bond acceptors (Lipinski definition) is 2. The number of carbonyl (C=O) groups excluding carboxylic acids is 1. The molecule has 0 bridgehead atoms. The van der Waals surface area contributed by atoms with E-state index in [1.54, 1.807) is 0 Å². The van der Waals surface area contributed by atoms with E-state index in [1.165, 1.54) is 0 Å². The highest BCUT2D eigenvalue weighted by atomic mass is 16.5. The molecule has 3 aromatic rings. The van der Waals surface area contributed by atoms with E-state index >= 15 is 0 Å². The largest absolute Gasteiger partial charge is 0.461 e. The van der Waals surface area contributed by atoms with Gasteiger partial charge in [-0.3, -0.25) is 4.79 Å². The number of esters is 1. The number of ether oxygens (including phenoxy) is 1. The van der Waals surface area contributed by atoms with Crippen molar-refractivity contribution in [1.29, 1.82) is 0 Å². The Bertz CT molecular complexity index is 776. The van der Waals surface area contributed by atoms with Gasteiger partial charge in [0.2, 0.25) is 0 Å². The lowest BCUT2D eigenvalue weighted by molar-refractivity contribution is -0.150. The Morgan fingerprint density at radius 2 is 1.17 bits per heavy atom. The molecule has 0 aliphatic heterocycles. The second-order valence-corrected chi connectivity index (χ2v) is 7.50. The van der Waals surface area contributed by atoms with Gasteiger partial charge in [-0.2, -0.15) is 0 Å². The first kappa shape index (κ1) is 20.9. The van der Waals surface area contributed by atoms with E-state index < -0.39 is 5.41 Å². The molecule has 0 N–H and O–H groups in total. The predicted molar refractivity (Wildman–Crippen MR) is 119 cm³/mol. The van der Waals surface area contributed by atoms with Crippen LogP contribution in [0.1, 0.15) is 56.2 Å². The lowest BCUT2D eigenvalue weighted by Gasteiger charge is -2.40. The summed E-state index contributed by atoms with van der Waals surface area (Å²) in [6.07, 6.45) is 3.11. The average molecular weight is 387 g/mol. The van der Waals surface area contributed by atoms with Gasteiger partial charge in [-0.15, -0.1) is 0 Å². The maximum absolute atomic E-state index is 12.6. The van der Waals surface area contributed by atoms with Crippen LogP contribution in [-0.2, 0) is 14.9 Å². The number of carbonyl (C=O) groups is 1. The Kier molecular flexibility index (Phi) is 7.24. The van der Waals surface area contributed by atoms with Crippen LogP contribution in [0.3, 0.4) is 0 Å². The summed E-state index contributed by atoms with van der Waals surface area (Å²) in [5.41, 5.74) is 2.77. The molecule has 3 aromatic carbocycles. The van der Waals surface area contributed by atoms with E-state index in [2.05, 4.69) is 43.3 Å². The van der Waals surface area contributed by atoms with Crippen molar-refractivity contribution < 1.29 is 9.53 Å². The number of unbranched alkanes of at least 4 members (excludes halogenated alkanes) is 2. The Balaban J connectivity index is 2.11. The SMILES string of the molecule is CCCCCC(=O)OC(C)C(c1ccccc1)(c1ccccc1)c1ccccc1. The quantitative estimate of drug-likeness (QED) is 0.237. The third kappa shape index (κ3) is 4.59. The second kappa shape index (κ2) is 10.1. The Hall–Kier alpha value is -2.87. The first-order valence-corrected chi connectivity index (χ1v) is 10.6. The molecule has 29 heavy (non-hydrogen) atoms. The normalized spacial score (nSPS) is 12.3. The molecule has 1 atom stereocenters. The summed E-state index contributed by atoms with van der Waals surface area (Å²) >= 11 is 0.